The van der Waals surface area contributed by atoms with Crippen molar-refractivity contribution < 1.29 is 9.47 Å². The molecule has 0 atom stereocenters. The topological polar surface area (TPSA) is 146 Å². The van der Waals surface area contributed by atoms with Crippen LogP contribution in [0.4, 0.5) is 5.82 Å². The van der Waals surface area contributed by atoms with E-state index in [0.29, 0.717) is 35.9 Å². The first kappa shape index (κ1) is 20.2. The van der Waals surface area contributed by atoms with Gasteiger partial charge in [0.1, 0.15) is 5.52 Å². The summed E-state index contributed by atoms with van der Waals surface area (Å²) >= 11 is 0. The number of hydrogen-bond donors (Lipinski definition) is 3. The number of fused-ring (bicyclic) bond motifs is 1. The van der Waals surface area contributed by atoms with Crippen LogP contribution in [0.2, 0.25) is 0 Å². The SMILES string of the molecule is CCCCOc1nc(N)c2[nH]c(=O)n(Cc3cnc(CNCC4COC4)cn3)c2n1. The summed E-state index contributed by atoms with van der Waals surface area (Å²) in [4.78, 5) is 32.5. The molecule has 0 saturated carbocycles. The highest BCUT2D eigenvalue weighted by atomic mass is 16.5. The predicted octanol–water partition coefficient (Wildman–Crippen LogP) is 0.455. The molecule has 1 aliphatic rings. The molecule has 30 heavy (non-hydrogen) atoms. The first-order valence-corrected chi connectivity index (χ1v) is 10.1. The number of anilines is 1. The van der Waals surface area contributed by atoms with Gasteiger partial charge in [0.15, 0.2) is 11.5 Å². The number of rotatable bonds is 10. The fourth-order valence-electron chi connectivity index (χ4n) is 3.07. The summed E-state index contributed by atoms with van der Waals surface area (Å²) in [6, 6.07) is 0.158. The summed E-state index contributed by atoms with van der Waals surface area (Å²) in [5.74, 6) is 0.753. The molecule has 1 fully saturated rings. The highest BCUT2D eigenvalue weighted by molar-refractivity contribution is 5.81. The Hall–Kier alpha value is -3.05. The number of H-pyrrole nitrogens is 1. The molecule has 11 heteroatoms. The predicted molar refractivity (Wildman–Crippen MR) is 110 cm³/mol. The van der Waals surface area contributed by atoms with Crippen LogP contribution < -0.4 is 21.5 Å². The van der Waals surface area contributed by atoms with E-state index in [4.69, 9.17) is 15.2 Å². The van der Waals surface area contributed by atoms with Crippen LogP contribution >= 0.6 is 0 Å². The van der Waals surface area contributed by atoms with E-state index in [9.17, 15) is 4.79 Å². The van der Waals surface area contributed by atoms with Gasteiger partial charge in [-0.25, -0.2) is 4.79 Å². The lowest BCUT2D eigenvalue weighted by molar-refractivity contribution is -0.0308. The number of ether oxygens (including phenoxy) is 2. The van der Waals surface area contributed by atoms with Gasteiger partial charge in [0.25, 0.3) is 0 Å². The Morgan fingerprint density at radius 1 is 1.30 bits per heavy atom. The molecule has 4 rings (SSSR count). The number of unbranched alkanes of at least 4 members (excludes halogenated alkanes) is 1. The fourth-order valence-corrected chi connectivity index (χ4v) is 3.07. The molecule has 0 bridgehead atoms. The molecule has 3 aromatic heterocycles. The Balaban J connectivity index is 1.46. The van der Waals surface area contributed by atoms with Gasteiger partial charge in [-0.05, 0) is 6.42 Å². The summed E-state index contributed by atoms with van der Waals surface area (Å²) in [5.41, 5.74) is 7.89. The molecule has 11 nitrogen and oxygen atoms in total. The van der Waals surface area contributed by atoms with Crippen LogP contribution in [0.3, 0.4) is 0 Å². The number of nitrogens with one attached hydrogen (secondary N) is 2. The first-order chi connectivity index (χ1) is 14.6. The molecule has 4 N–H and O–H groups in total. The van der Waals surface area contributed by atoms with Crippen LogP contribution in [0, 0.1) is 5.92 Å². The molecule has 4 heterocycles. The van der Waals surface area contributed by atoms with Crippen molar-refractivity contribution in [1.29, 1.82) is 0 Å². The van der Waals surface area contributed by atoms with E-state index < -0.39 is 0 Å². The summed E-state index contributed by atoms with van der Waals surface area (Å²) < 4.78 is 12.2. The highest BCUT2D eigenvalue weighted by Crippen LogP contribution is 2.18. The standard InChI is InChI=1S/C19H26N8O3/c1-2-3-4-30-18-25-16(20)15-17(26-18)27(19(28)24-15)9-14-8-22-13(7-23-14)6-21-5-12-10-29-11-12/h7-8,12,21H,2-6,9-11H2,1H3,(H,24,28)(H2,20,25,26). The maximum absolute atomic E-state index is 12.4. The Bertz CT molecular complexity index is 1040. The van der Waals surface area contributed by atoms with E-state index in [0.717, 1.165) is 38.3 Å². The summed E-state index contributed by atoms with van der Waals surface area (Å²) in [6.45, 7) is 5.94. The van der Waals surface area contributed by atoms with Crippen LogP contribution in [0.1, 0.15) is 31.2 Å². The highest BCUT2D eigenvalue weighted by Gasteiger charge is 2.18. The minimum absolute atomic E-state index is 0.158. The zero-order valence-corrected chi connectivity index (χ0v) is 16.9. The zero-order valence-electron chi connectivity index (χ0n) is 16.9. The van der Waals surface area contributed by atoms with Crippen molar-refractivity contribution in [3.05, 3.63) is 34.3 Å². The van der Waals surface area contributed by atoms with Gasteiger partial charge in [0.2, 0.25) is 0 Å². The normalized spacial score (nSPS) is 14.2. The molecule has 0 aliphatic carbocycles. The van der Waals surface area contributed by atoms with Crippen molar-refractivity contribution in [2.75, 3.05) is 32.1 Å². The van der Waals surface area contributed by atoms with Crippen molar-refractivity contribution in [1.82, 2.24) is 34.8 Å². The maximum atomic E-state index is 12.4. The molecule has 0 aromatic carbocycles. The number of nitrogens with two attached hydrogens (primary N) is 1. The van der Waals surface area contributed by atoms with Crippen LogP contribution in [0.25, 0.3) is 11.2 Å². The first-order valence-electron chi connectivity index (χ1n) is 10.1. The molecule has 1 aliphatic heterocycles. The Morgan fingerprint density at radius 2 is 2.10 bits per heavy atom. The van der Waals surface area contributed by atoms with Crippen LogP contribution in [-0.2, 0) is 17.8 Å². The average molecular weight is 414 g/mol. The molecule has 0 radical (unpaired) electrons. The van der Waals surface area contributed by atoms with Gasteiger partial charge >= 0.3 is 11.7 Å². The minimum atomic E-state index is -0.341. The van der Waals surface area contributed by atoms with Crippen molar-refractivity contribution in [2.24, 2.45) is 5.92 Å². The molecule has 160 valence electrons. The number of nitrogen functional groups attached to an aromatic ring is 1. The second-order valence-corrected chi connectivity index (χ2v) is 7.34. The third-order valence-electron chi connectivity index (χ3n) is 4.88. The summed E-state index contributed by atoms with van der Waals surface area (Å²) in [6.07, 6.45) is 5.25. The van der Waals surface area contributed by atoms with Gasteiger partial charge in [0.05, 0.1) is 50.1 Å². The van der Waals surface area contributed by atoms with E-state index in [1.165, 1.54) is 4.57 Å². The van der Waals surface area contributed by atoms with Crippen molar-refractivity contribution >= 4 is 17.0 Å². The smallest absolute Gasteiger partial charge is 0.328 e. The van der Waals surface area contributed by atoms with Gasteiger partial charge in [-0.15, -0.1) is 0 Å². The number of imidazole rings is 1. The van der Waals surface area contributed by atoms with E-state index in [-0.39, 0.29) is 24.1 Å². The number of nitrogens with zero attached hydrogens (tertiary/aromatic N) is 5. The molecule has 0 amide bonds. The number of hydrogen-bond acceptors (Lipinski definition) is 9. The zero-order chi connectivity index (χ0) is 20.9. The van der Waals surface area contributed by atoms with E-state index >= 15 is 0 Å². The van der Waals surface area contributed by atoms with Gasteiger partial charge in [-0.1, -0.05) is 13.3 Å². The molecule has 1 saturated heterocycles. The Labute approximate surface area is 173 Å². The number of aromatic nitrogens is 6. The number of aromatic amines is 1. The van der Waals surface area contributed by atoms with E-state index in [1.54, 1.807) is 12.4 Å². The fraction of sp³-hybridized carbons (Fsp3) is 0.526. The molecular formula is C19H26N8O3. The van der Waals surface area contributed by atoms with Gasteiger partial charge in [0, 0.05) is 19.0 Å². The molecule has 0 spiro atoms. The Kier molecular flexibility index (Phi) is 6.19. The van der Waals surface area contributed by atoms with Gasteiger partial charge < -0.3 is 25.5 Å². The lowest BCUT2D eigenvalue weighted by atomic mass is 10.1. The van der Waals surface area contributed by atoms with Crippen LogP contribution in [0.5, 0.6) is 6.01 Å². The monoisotopic (exact) mass is 414 g/mol. The average Bonchev–Trinajstić information content (AvgIpc) is 3.01. The van der Waals surface area contributed by atoms with Gasteiger partial charge in [-0.3, -0.25) is 14.5 Å². The maximum Gasteiger partial charge on any atom is 0.328 e. The second kappa shape index (κ2) is 9.18. The van der Waals surface area contributed by atoms with E-state index in [1.807, 2.05) is 0 Å². The third-order valence-corrected chi connectivity index (χ3v) is 4.88. The molecular weight excluding hydrogens is 388 g/mol. The van der Waals surface area contributed by atoms with Crippen molar-refractivity contribution in [3.63, 3.8) is 0 Å². The van der Waals surface area contributed by atoms with Crippen LogP contribution in [0.15, 0.2) is 17.2 Å². The van der Waals surface area contributed by atoms with Crippen LogP contribution in [-0.4, -0.2) is 55.9 Å². The Morgan fingerprint density at radius 3 is 2.80 bits per heavy atom. The second-order valence-electron chi connectivity index (χ2n) is 7.34. The largest absolute Gasteiger partial charge is 0.463 e. The third kappa shape index (κ3) is 4.57. The molecule has 0 unspecified atom stereocenters. The minimum Gasteiger partial charge on any atom is -0.463 e. The summed E-state index contributed by atoms with van der Waals surface area (Å²) in [5, 5.41) is 3.35. The molecule has 3 aromatic rings. The summed E-state index contributed by atoms with van der Waals surface area (Å²) in [7, 11) is 0. The van der Waals surface area contributed by atoms with E-state index in [2.05, 4.69) is 37.2 Å². The van der Waals surface area contributed by atoms with Crippen molar-refractivity contribution in [3.8, 4) is 6.01 Å². The van der Waals surface area contributed by atoms with Gasteiger partial charge in [-0.2, -0.15) is 9.97 Å². The quantitative estimate of drug-likeness (QED) is 0.403. The lowest BCUT2D eigenvalue weighted by Crippen LogP contribution is -2.36. The lowest BCUT2D eigenvalue weighted by Gasteiger charge is -2.25. The van der Waals surface area contributed by atoms with Crippen molar-refractivity contribution in [2.45, 2.75) is 32.9 Å².